The standard InChI is InChI=1S/C82H156O17P2/c1-5-9-13-17-21-25-29-33-36-37-38-39-40-42-45-49-53-57-61-65-69-82(87)99-78(73-93-80(85)67-63-59-55-51-47-44-41-34-30-26-22-18-14-10-6-2)75-97-101(90,91)95-71-76(83)70-94-100(88,89)96-74-77(72-92-79(84)66-62-58-54-50-46-32-28-24-20-16-12-8-4)98-81(86)68-64-60-56-52-48-43-35-31-27-23-19-15-11-7-3/h26,30,34,41,76-78,83H,5-25,27-29,31-33,35-40,42-75H2,1-4H3,(H,88,89)(H,90,91)/b30-26-,41-34-/t76-,77+,78+/m0/s1. The van der Waals surface area contributed by atoms with E-state index in [1.54, 1.807) is 0 Å². The molecule has 17 nitrogen and oxygen atoms in total. The lowest BCUT2D eigenvalue weighted by Gasteiger charge is -2.21. The van der Waals surface area contributed by atoms with Crippen molar-refractivity contribution in [1.29, 1.82) is 0 Å². The van der Waals surface area contributed by atoms with E-state index in [2.05, 4.69) is 52.0 Å². The maximum absolute atomic E-state index is 13.1. The first kappa shape index (κ1) is 98.5. The Bertz CT molecular complexity index is 2010. The zero-order chi connectivity index (χ0) is 73.9. The summed E-state index contributed by atoms with van der Waals surface area (Å²) in [5, 5.41) is 10.6. The Morgan fingerprint density at radius 1 is 0.277 bits per heavy atom. The molecule has 0 saturated carbocycles. The van der Waals surface area contributed by atoms with Crippen LogP contribution in [0.5, 0.6) is 0 Å². The van der Waals surface area contributed by atoms with Crippen LogP contribution in [0.3, 0.4) is 0 Å². The minimum atomic E-state index is -4.97. The van der Waals surface area contributed by atoms with Crippen LogP contribution in [0.4, 0.5) is 0 Å². The van der Waals surface area contributed by atoms with Crippen LogP contribution in [0.1, 0.15) is 419 Å². The van der Waals surface area contributed by atoms with Crippen LogP contribution in [-0.4, -0.2) is 96.7 Å². The van der Waals surface area contributed by atoms with Gasteiger partial charge in [-0.3, -0.25) is 37.3 Å². The Balaban J connectivity index is 5.27. The fourth-order valence-corrected chi connectivity index (χ4v) is 13.9. The molecule has 0 aromatic rings. The number of carbonyl (C=O) groups is 4. The lowest BCUT2D eigenvalue weighted by molar-refractivity contribution is -0.161. The molecule has 2 unspecified atom stereocenters. The highest BCUT2D eigenvalue weighted by Crippen LogP contribution is 2.45. The Morgan fingerprint density at radius 2 is 0.475 bits per heavy atom. The van der Waals surface area contributed by atoms with E-state index < -0.39 is 97.5 Å². The van der Waals surface area contributed by atoms with Gasteiger partial charge in [0.25, 0.3) is 0 Å². The van der Waals surface area contributed by atoms with E-state index in [-0.39, 0.29) is 25.7 Å². The van der Waals surface area contributed by atoms with Crippen LogP contribution in [0.25, 0.3) is 0 Å². The van der Waals surface area contributed by atoms with Gasteiger partial charge in [-0.25, -0.2) is 9.13 Å². The summed E-state index contributed by atoms with van der Waals surface area (Å²) in [5.74, 6) is -2.13. The smallest absolute Gasteiger partial charge is 0.462 e. The predicted octanol–water partition coefficient (Wildman–Crippen LogP) is 24.5. The SMILES string of the molecule is CCCCCC/C=C\C=C/CCCCCCCC(=O)OC[C@H](COP(=O)(O)OC[C@@H](O)COP(=O)(O)OC[C@@H](COC(=O)CCCCCCCCCCCCCC)OC(=O)CCCCCCCCCCCCCCCC)OC(=O)CCCCCCCCCCCCCCCCCCCCCC. The quantitative estimate of drug-likeness (QED) is 0.0169. The van der Waals surface area contributed by atoms with Crippen molar-refractivity contribution in [3.63, 3.8) is 0 Å². The number of carbonyl (C=O) groups excluding carboxylic acids is 4. The van der Waals surface area contributed by atoms with Gasteiger partial charge in [0.15, 0.2) is 12.2 Å². The van der Waals surface area contributed by atoms with E-state index in [1.807, 2.05) is 0 Å². The molecule has 0 bridgehead atoms. The number of unbranched alkanes of at least 4 members (excludes halogenated alkanes) is 52. The summed E-state index contributed by atoms with van der Waals surface area (Å²) in [4.78, 5) is 73.0. The molecular weight excluding hydrogens is 1320 g/mol. The molecule has 0 amide bonds. The van der Waals surface area contributed by atoms with Crippen LogP contribution in [0.15, 0.2) is 24.3 Å². The topological polar surface area (TPSA) is 237 Å². The van der Waals surface area contributed by atoms with E-state index in [0.717, 1.165) is 109 Å². The van der Waals surface area contributed by atoms with Crippen molar-refractivity contribution in [1.82, 2.24) is 0 Å². The summed E-state index contributed by atoms with van der Waals surface area (Å²) in [5.41, 5.74) is 0. The number of phosphoric acid groups is 2. The molecular formula is C82H156O17P2. The van der Waals surface area contributed by atoms with E-state index in [0.29, 0.717) is 25.7 Å². The maximum Gasteiger partial charge on any atom is 0.472 e. The van der Waals surface area contributed by atoms with Crippen molar-refractivity contribution in [2.75, 3.05) is 39.6 Å². The molecule has 5 atom stereocenters. The number of rotatable bonds is 81. The minimum absolute atomic E-state index is 0.102. The van der Waals surface area contributed by atoms with Gasteiger partial charge in [0.1, 0.15) is 19.3 Å². The Morgan fingerprint density at radius 3 is 0.723 bits per heavy atom. The molecule has 0 aliphatic heterocycles. The molecule has 0 saturated heterocycles. The molecule has 0 aliphatic carbocycles. The second-order valence-electron chi connectivity index (χ2n) is 28.8. The van der Waals surface area contributed by atoms with Gasteiger partial charge < -0.3 is 33.8 Å². The minimum Gasteiger partial charge on any atom is -0.462 e. The second kappa shape index (κ2) is 75.8. The first-order valence-corrected chi connectivity index (χ1v) is 45.1. The molecule has 596 valence electrons. The summed E-state index contributed by atoms with van der Waals surface area (Å²) in [7, 11) is -9.93. The highest BCUT2D eigenvalue weighted by Gasteiger charge is 2.30. The van der Waals surface area contributed by atoms with Gasteiger partial charge in [-0.05, 0) is 51.4 Å². The molecule has 3 N–H and O–H groups in total. The summed E-state index contributed by atoms with van der Waals surface area (Å²) in [6, 6.07) is 0. The first-order valence-electron chi connectivity index (χ1n) is 42.1. The van der Waals surface area contributed by atoms with Crippen molar-refractivity contribution >= 4 is 39.5 Å². The number of hydrogen-bond acceptors (Lipinski definition) is 15. The van der Waals surface area contributed by atoms with Gasteiger partial charge in [0.05, 0.1) is 26.4 Å². The van der Waals surface area contributed by atoms with Crippen molar-refractivity contribution in [2.24, 2.45) is 0 Å². The summed E-state index contributed by atoms with van der Waals surface area (Å²) in [6.07, 6.45) is 71.5. The number of esters is 4. The van der Waals surface area contributed by atoms with Crippen LogP contribution in [0, 0.1) is 0 Å². The lowest BCUT2D eigenvalue weighted by Crippen LogP contribution is -2.30. The van der Waals surface area contributed by atoms with Crippen LogP contribution < -0.4 is 0 Å². The fraction of sp³-hybridized carbons (Fsp3) is 0.902. The monoisotopic (exact) mass is 1480 g/mol. The predicted molar refractivity (Wildman–Crippen MR) is 414 cm³/mol. The second-order valence-corrected chi connectivity index (χ2v) is 31.7. The van der Waals surface area contributed by atoms with Gasteiger partial charge in [0.2, 0.25) is 0 Å². The summed E-state index contributed by atoms with van der Waals surface area (Å²) >= 11 is 0. The third-order valence-electron chi connectivity index (χ3n) is 18.7. The first-order chi connectivity index (χ1) is 49.2. The fourth-order valence-electron chi connectivity index (χ4n) is 12.3. The number of allylic oxidation sites excluding steroid dienone is 4. The molecule has 0 aromatic carbocycles. The third kappa shape index (κ3) is 75.6. The van der Waals surface area contributed by atoms with Crippen LogP contribution in [0.2, 0.25) is 0 Å². The van der Waals surface area contributed by atoms with E-state index in [4.69, 9.17) is 37.0 Å². The molecule has 101 heavy (non-hydrogen) atoms. The number of phosphoric ester groups is 2. The summed E-state index contributed by atoms with van der Waals surface area (Å²) in [6.45, 7) is 4.97. The molecule has 0 radical (unpaired) electrons. The molecule has 0 fully saturated rings. The zero-order valence-corrected chi connectivity index (χ0v) is 67.2. The van der Waals surface area contributed by atoms with Gasteiger partial charge in [0, 0.05) is 25.7 Å². The van der Waals surface area contributed by atoms with Gasteiger partial charge in [-0.1, -0.05) is 367 Å². The van der Waals surface area contributed by atoms with Gasteiger partial charge in [-0.2, -0.15) is 0 Å². The van der Waals surface area contributed by atoms with Crippen molar-refractivity contribution in [2.45, 2.75) is 438 Å². The maximum atomic E-state index is 13.1. The number of hydrogen-bond donors (Lipinski definition) is 3. The molecule has 0 aromatic heterocycles. The molecule has 0 spiro atoms. The lowest BCUT2D eigenvalue weighted by atomic mass is 10.0. The van der Waals surface area contributed by atoms with Crippen LogP contribution in [-0.2, 0) is 65.4 Å². The Hall–Kier alpha value is -2.46. The largest absolute Gasteiger partial charge is 0.472 e. The highest BCUT2D eigenvalue weighted by atomic mass is 31.2. The van der Waals surface area contributed by atoms with E-state index in [9.17, 15) is 43.2 Å². The molecule has 0 heterocycles. The van der Waals surface area contributed by atoms with Crippen molar-refractivity contribution in [3.8, 4) is 0 Å². The van der Waals surface area contributed by atoms with Gasteiger partial charge >= 0.3 is 39.5 Å². The average molecular weight is 1480 g/mol. The molecule has 0 aliphatic rings. The number of aliphatic hydroxyl groups excluding tert-OH is 1. The Kier molecular flexibility index (Phi) is 73.9. The van der Waals surface area contributed by atoms with Crippen molar-refractivity contribution < 1.29 is 80.2 Å². The highest BCUT2D eigenvalue weighted by molar-refractivity contribution is 7.47. The number of ether oxygens (including phenoxy) is 4. The van der Waals surface area contributed by atoms with E-state index in [1.165, 1.54) is 231 Å². The molecule has 19 heteroatoms. The average Bonchev–Trinajstić information content (AvgIpc) is 0.962. The number of aliphatic hydroxyl groups is 1. The third-order valence-corrected chi connectivity index (χ3v) is 20.6. The normalized spacial score (nSPS) is 13.9. The molecule has 0 rings (SSSR count). The summed E-state index contributed by atoms with van der Waals surface area (Å²) < 4.78 is 68.7. The zero-order valence-electron chi connectivity index (χ0n) is 65.4. The van der Waals surface area contributed by atoms with Crippen LogP contribution >= 0.6 is 15.6 Å². The van der Waals surface area contributed by atoms with Gasteiger partial charge in [-0.15, -0.1) is 0 Å². The van der Waals surface area contributed by atoms with E-state index >= 15 is 0 Å². The van der Waals surface area contributed by atoms with Crippen molar-refractivity contribution in [3.05, 3.63) is 24.3 Å². The Labute approximate surface area is 618 Å².